The van der Waals surface area contributed by atoms with E-state index < -0.39 is 0 Å². The van der Waals surface area contributed by atoms with E-state index in [2.05, 4.69) is 0 Å². The Morgan fingerprint density at radius 2 is 2.00 bits per heavy atom. The van der Waals surface area contributed by atoms with Gasteiger partial charge in [-0.05, 0) is 12.1 Å². The monoisotopic (exact) mass is 209 g/mol. The number of carbonyl (C=O) groups excluding carboxylic acids is 1. The predicted octanol–water partition coefficient (Wildman–Crippen LogP) is 1.20. The minimum Gasteiger partial charge on any atom is -0.493 e. The summed E-state index contributed by atoms with van der Waals surface area (Å²) in [5.74, 6) is 0.585. The molecule has 1 amide bonds. The first kappa shape index (κ1) is 11.4. The number of nitrogens with two attached hydrogens (primary N) is 1. The Morgan fingerprint density at radius 1 is 1.40 bits per heavy atom. The SMILES string of the molecule is COc1ccccc1OCC(C)C(N)=O. The first-order chi connectivity index (χ1) is 7.15. The fraction of sp³-hybridized carbons (Fsp3) is 0.364. The first-order valence-corrected chi connectivity index (χ1v) is 4.70. The third-order valence-electron chi connectivity index (χ3n) is 2.04. The fourth-order valence-corrected chi connectivity index (χ4v) is 1.03. The van der Waals surface area contributed by atoms with E-state index in [4.69, 9.17) is 15.2 Å². The normalized spacial score (nSPS) is 11.9. The van der Waals surface area contributed by atoms with Crippen molar-refractivity contribution < 1.29 is 14.3 Å². The topological polar surface area (TPSA) is 61.6 Å². The van der Waals surface area contributed by atoms with Crippen molar-refractivity contribution in [1.29, 1.82) is 0 Å². The molecular weight excluding hydrogens is 194 g/mol. The molecule has 0 saturated carbocycles. The lowest BCUT2D eigenvalue weighted by Crippen LogP contribution is -2.25. The van der Waals surface area contributed by atoms with Crippen molar-refractivity contribution in [3.05, 3.63) is 24.3 Å². The van der Waals surface area contributed by atoms with Crippen LogP contribution < -0.4 is 15.2 Å². The standard InChI is InChI=1S/C11H15NO3/c1-8(11(12)13)7-15-10-6-4-3-5-9(10)14-2/h3-6,8H,7H2,1-2H3,(H2,12,13). The van der Waals surface area contributed by atoms with E-state index in [1.165, 1.54) is 0 Å². The first-order valence-electron chi connectivity index (χ1n) is 4.70. The average molecular weight is 209 g/mol. The number of primary amides is 1. The lowest BCUT2D eigenvalue weighted by Gasteiger charge is -2.12. The molecule has 0 bridgehead atoms. The molecule has 0 aliphatic carbocycles. The molecule has 0 aliphatic heterocycles. The third-order valence-corrected chi connectivity index (χ3v) is 2.04. The summed E-state index contributed by atoms with van der Waals surface area (Å²) in [5, 5.41) is 0. The summed E-state index contributed by atoms with van der Waals surface area (Å²) in [4.78, 5) is 10.8. The molecule has 2 N–H and O–H groups in total. The van der Waals surface area contributed by atoms with Gasteiger partial charge in [-0.25, -0.2) is 0 Å². The summed E-state index contributed by atoms with van der Waals surface area (Å²) < 4.78 is 10.5. The summed E-state index contributed by atoms with van der Waals surface area (Å²) in [6.07, 6.45) is 0. The van der Waals surface area contributed by atoms with Crippen LogP contribution in [0.5, 0.6) is 11.5 Å². The molecule has 0 aromatic heterocycles. The number of carbonyl (C=O) groups is 1. The lowest BCUT2D eigenvalue weighted by molar-refractivity contribution is -0.122. The van der Waals surface area contributed by atoms with Gasteiger partial charge in [0, 0.05) is 0 Å². The highest BCUT2D eigenvalue weighted by Crippen LogP contribution is 2.25. The molecule has 0 heterocycles. The van der Waals surface area contributed by atoms with Crippen LogP contribution in [0.3, 0.4) is 0 Å². The molecule has 1 aromatic rings. The number of hydrogen-bond donors (Lipinski definition) is 1. The fourth-order valence-electron chi connectivity index (χ4n) is 1.03. The Labute approximate surface area is 89.0 Å². The van der Waals surface area contributed by atoms with E-state index in [1.54, 1.807) is 26.2 Å². The molecular formula is C11H15NO3. The summed E-state index contributed by atoms with van der Waals surface area (Å²) in [5.41, 5.74) is 5.12. The van der Waals surface area contributed by atoms with Gasteiger partial charge >= 0.3 is 0 Å². The van der Waals surface area contributed by atoms with E-state index >= 15 is 0 Å². The van der Waals surface area contributed by atoms with Crippen molar-refractivity contribution in [2.24, 2.45) is 11.7 Å². The zero-order valence-electron chi connectivity index (χ0n) is 8.90. The lowest BCUT2D eigenvalue weighted by atomic mass is 10.2. The van der Waals surface area contributed by atoms with Gasteiger partial charge in [0.05, 0.1) is 19.6 Å². The van der Waals surface area contributed by atoms with Gasteiger partial charge in [0.25, 0.3) is 0 Å². The Balaban J connectivity index is 2.60. The van der Waals surface area contributed by atoms with Crippen molar-refractivity contribution >= 4 is 5.91 Å². The molecule has 4 heteroatoms. The summed E-state index contributed by atoms with van der Waals surface area (Å²) in [6.45, 7) is 1.98. The van der Waals surface area contributed by atoms with E-state index in [0.717, 1.165) is 0 Å². The van der Waals surface area contributed by atoms with Crippen molar-refractivity contribution in [2.45, 2.75) is 6.92 Å². The minimum atomic E-state index is -0.370. The number of hydrogen-bond acceptors (Lipinski definition) is 3. The Hall–Kier alpha value is -1.71. The van der Waals surface area contributed by atoms with E-state index in [-0.39, 0.29) is 18.4 Å². The molecule has 0 aliphatic rings. The van der Waals surface area contributed by atoms with Gasteiger partial charge in [-0.3, -0.25) is 4.79 Å². The van der Waals surface area contributed by atoms with Gasteiger partial charge in [-0.1, -0.05) is 19.1 Å². The Kier molecular flexibility index (Phi) is 3.97. The molecule has 1 aromatic carbocycles. The molecule has 1 unspecified atom stereocenters. The predicted molar refractivity (Wildman–Crippen MR) is 56.8 cm³/mol. The highest BCUT2D eigenvalue weighted by atomic mass is 16.5. The average Bonchev–Trinajstić information content (AvgIpc) is 2.26. The summed E-state index contributed by atoms with van der Waals surface area (Å²) >= 11 is 0. The van der Waals surface area contributed by atoms with Crippen LogP contribution in [0.2, 0.25) is 0 Å². The highest BCUT2D eigenvalue weighted by molar-refractivity contribution is 5.76. The van der Waals surface area contributed by atoms with Crippen LogP contribution in [0.15, 0.2) is 24.3 Å². The van der Waals surface area contributed by atoms with Gasteiger partial charge in [-0.2, -0.15) is 0 Å². The largest absolute Gasteiger partial charge is 0.493 e. The number of ether oxygens (including phenoxy) is 2. The summed E-state index contributed by atoms with van der Waals surface area (Å²) in [7, 11) is 1.57. The van der Waals surface area contributed by atoms with Crippen LogP contribution in [-0.4, -0.2) is 19.6 Å². The molecule has 0 radical (unpaired) electrons. The Morgan fingerprint density at radius 3 is 2.53 bits per heavy atom. The number of rotatable bonds is 5. The number of para-hydroxylation sites is 2. The van der Waals surface area contributed by atoms with E-state index in [0.29, 0.717) is 11.5 Å². The maximum absolute atomic E-state index is 10.8. The van der Waals surface area contributed by atoms with E-state index in [1.807, 2.05) is 12.1 Å². The van der Waals surface area contributed by atoms with Crippen molar-refractivity contribution in [2.75, 3.05) is 13.7 Å². The molecule has 1 atom stereocenters. The molecule has 4 nitrogen and oxygen atoms in total. The molecule has 15 heavy (non-hydrogen) atoms. The molecule has 82 valence electrons. The molecule has 0 spiro atoms. The maximum Gasteiger partial charge on any atom is 0.223 e. The second-order valence-electron chi connectivity index (χ2n) is 3.27. The van der Waals surface area contributed by atoms with Gasteiger partial charge in [0.1, 0.15) is 0 Å². The smallest absolute Gasteiger partial charge is 0.223 e. The van der Waals surface area contributed by atoms with Gasteiger partial charge < -0.3 is 15.2 Å². The number of benzene rings is 1. The summed E-state index contributed by atoms with van der Waals surface area (Å²) in [6, 6.07) is 7.27. The second-order valence-corrected chi connectivity index (χ2v) is 3.27. The third kappa shape index (κ3) is 3.16. The number of amides is 1. The Bertz CT molecular complexity index is 338. The van der Waals surface area contributed by atoms with E-state index in [9.17, 15) is 4.79 Å². The molecule has 0 saturated heterocycles. The van der Waals surface area contributed by atoms with Crippen LogP contribution in [-0.2, 0) is 4.79 Å². The number of methoxy groups -OCH3 is 1. The second kappa shape index (κ2) is 5.24. The van der Waals surface area contributed by atoms with Crippen LogP contribution in [0, 0.1) is 5.92 Å². The van der Waals surface area contributed by atoms with Crippen LogP contribution in [0.25, 0.3) is 0 Å². The van der Waals surface area contributed by atoms with Gasteiger partial charge in [-0.15, -0.1) is 0 Å². The highest BCUT2D eigenvalue weighted by Gasteiger charge is 2.10. The van der Waals surface area contributed by atoms with Crippen LogP contribution in [0.1, 0.15) is 6.92 Å². The van der Waals surface area contributed by atoms with Crippen LogP contribution >= 0.6 is 0 Å². The zero-order chi connectivity index (χ0) is 11.3. The van der Waals surface area contributed by atoms with Crippen molar-refractivity contribution in [1.82, 2.24) is 0 Å². The quantitative estimate of drug-likeness (QED) is 0.792. The minimum absolute atomic E-state index is 0.260. The van der Waals surface area contributed by atoms with Crippen molar-refractivity contribution in [3.8, 4) is 11.5 Å². The van der Waals surface area contributed by atoms with Crippen molar-refractivity contribution in [3.63, 3.8) is 0 Å². The maximum atomic E-state index is 10.8. The zero-order valence-corrected chi connectivity index (χ0v) is 8.90. The molecule has 1 rings (SSSR count). The van der Waals surface area contributed by atoms with Crippen LogP contribution in [0.4, 0.5) is 0 Å². The van der Waals surface area contributed by atoms with Gasteiger partial charge in [0.15, 0.2) is 11.5 Å². The van der Waals surface area contributed by atoms with Gasteiger partial charge in [0.2, 0.25) is 5.91 Å². The molecule has 0 fully saturated rings.